The van der Waals surface area contributed by atoms with E-state index in [1.165, 1.54) is 0 Å². The second-order valence-corrected chi connectivity index (χ2v) is 4.81. The Morgan fingerprint density at radius 1 is 1.40 bits per heavy atom. The van der Waals surface area contributed by atoms with Crippen molar-refractivity contribution in [3.8, 4) is 0 Å². The Hall–Kier alpha value is -1.58. The van der Waals surface area contributed by atoms with Gasteiger partial charge in [-0.2, -0.15) is 0 Å². The summed E-state index contributed by atoms with van der Waals surface area (Å²) in [7, 11) is 1.94. The van der Waals surface area contributed by atoms with Crippen LogP contribution in [0.15, 0.2) is 17.1 Å². The SMILES string of the molecule is Cn1c(C(C)(C)C)nc2c[nH]c(=O)cc21. The smallest absolute Gasteiger partial charge is 0.250 e. The molecule has 0 aliphatic carbocycles. The average Bonchev–Trinajstić information content (AvgIpc) is 2.43. The number of nitrogens with one attached hydrogen (secondary N) is 1. The summed E-state index contributed by atoms with van der Waals surface area (Å²) in [5, 5.41) is 0. The fourth-order valence-electron chi connectivity index (χ4n) is 1.79. The zero-order chi connectivity index (χ0) is 11.2. The third-order valence-corrected chi connectivity index (χ3v) is 2.46. The fraction of sp³-hybridized carbons (Fsp3) is 0.455. The maximum atomic E-state index is 11.2. The average molecular weight is 205 g/mol. The van der Waals surface area contributed by atoms with Crippen LogP contribution in [0.3, 0.4) is 0 Å². The van der Waals surface area contributed by atoms with Gasteiger partial charge in [0, 0.05) is 24.7 Å². The summed E-state index contributed by atoms with van der Waals surface area (Å²) in [4.78, 5) is 18.4. The van der Waals surface area contributed by atoms with Crippen LogP contribution in [0.2, 0.25) is 0 Å². The van der Waals surface area contributed by atoms with E-state index in [1.54, 1.807) is 12.3 Å². The standard InChI is InChI=1S/C11H15N3O/c1-11(2,3)10-13-7-6-12-9(15)5-8(7)14(10)4/h5-6H,1-4H3,(H,12,15). The van der Waals surface area contributed by atoms with Gasteiger partial charge in [0.2, 0.25) is 5.56 Å². The van der Waals surface area contributed by atoms with Crippen molar-refractivity contribution in [1.29, 1.82) is 0 Å². The lowest BCUT2D eigenvalue weighted by Crippen LogP contribution is -2.17. The Morgan fingerprint density at radius 2 is 2.07 bits per heavy atom. The van der Waals surface area contributed by atoms with E-state index in [-0.39, 0.29) is 11.0 Å². The van der Waals surface area contributed by atoms with E-state index in [4.69, 9.17) is 0 Å². The van der Waals surface area contributed by atoms with Crippen molar-refractivity contribution in [2.24, 2.45) is 7.05 Å². The number of aromatic amines is 1. The second kappa shape index (κ2) is 2.95. The first kappa shape index (κ1) is 9.96. The minimum absolute atomic E-state index is 0.0170. The van der Waals surface area contributed by atoms with E-state index >= 15 is 0 Å². The third-order valence-electron chi connectivity index (χ3n) is 2.46. The number of nitrogens with zero attached hydrogens (tertiary/aromatic N) is 2. The van der Waals surface area contributed by atoms with E-state index in [2.05, 4.69) is 30.7 Å². The Morgan fingerprint density at radius 3 is 2.67 bits per heavy atom. The fourth-order valence-corrected chi connectivity index (χ4v) is 1.79. The number of aryl methyl sites for hydroxylation is 1. The normalized spacial score (nSPS) is 12.3. The van der Waals surface area contributed by atoms with Crippen LogP contribution < -0.4 is 5.56 Å². The van der Waals surface area contributed by atoms with Crippen molar-refractivity contribution in [2.45, 2.75) is 26.2 Å². The van der Waals surface area contributed by atoms with Crippen LogP contribution in [-0.2, 0) is 12.5 Å². The number of fused-ring (bicyclic) bond motifs is 1. The minimum Gasteiger partial charge on any atom is -0.330 e. The van der Waals surface area contributed by atoms with E-state index in [0.29, 0.717) is 0 Å². The number of rotatable bonds is 0. The number of imidazole rings is 1. The summed E-state index contributed by atoms with van der Waals surface area (Å²) in [5.74, 6) is 0.983. The molecule has 2 rings (SSSR count). The van der Waals surface area contributed by atoms with Crippen LogP contribution >= 0.6 is 0 Å². The molecular weight excluding hydrogens is 190 g/mol. The minimum atomic E-state index is -0.0917. The Labute approximate surface area is 88.0 Å². The molecule has 4 heteroatoms. The van der Waals surface area contributed by atoms with Gasteiger partial charge in [0.25, 0.3) is 0 Å². The molecule has 80 valence electrons. The molecule has 2 aromatic rings. The zero-order valence-electron chi connectivity index (χ0n) is 9.46. The molecule has 0 aromatic carbocycles. The number of H-pyrrole nitrogens is 1. The van der Waals surface area contributed by atoms with Crippen LogP contribution in [0, 0.1) is 0 Å². The lowest BCUT2D eigenvalue weighted by atomic mass is 9.96. The molecular formula is C11H15N3O. The Kier molecular flexibility index (Phi) is 1.96. The van der Waals surface area contributed by atoms with Crippen LogP contribution in [0.5, 0.6) is 0 Å². The molecule has 1 N–H and O–H groups in total. The lowest BCUT2D eigenvalue weighted by Gasteiger charge is -2.17. The van der Waals surface area contributed by atoms with Gasteiger partial charge in [0.05, 0.1) is 5.52 Å². The van der Waals surface area contributed by atoms with Gasteiger partial charge < -0.3 is 9.55 Å². The number of pyridine rings is 1. The number of hydrogen-bond acceptors (Lipinski definition) is 2. The topological polar surface area (TPSA) is 50.7 Å². The first-order chi connectivity index (χ1) is 6.89. The van der Waals surface area contributed by atoms with Gasteiger partial charge >= 0.3 is 0 Å². The van der Waals surface area contributed by atoms with Gasteiger partial charge in [-0.1, -0.05) is 20.8 Å². The molecule has 0 fully saturated rings. The maximum Gasteiger partial charge on any atom is 0.250 e. The highest BCUT2D eigenvalue weighted by Crippen LogP contribution is 2.23. The summed E-state index contributed by atoms with van der Waals surface area (Å²) in [6.45, 7) is 6.32. The van der Waals surface area contributed by atoms with Crippen LogP contribution in [0.4, 0.5) is 0 Å². The van der Waals surface area contributed by atoms with Crippen molar-refractivity contribution in [2.75, 3.05) is 0 Å². The van der Waals surface area contributed by atoms with Gasteiger partial charge in [-0.3, -0.25) is 4.79 Å². The van der Waals surface area contributed by atoms with Crippen molar-refractivity contribution in [1.82, 2.24) is 14.5 Å². The molecule has 0 aliphatic rings. The first-order valence-corrected chi connectivity index (χ1v) is 4.95. The van der Waals surface area contributed by atoms with E-state index in [9.17, 15) is 4.79 Å². The maximum absolute atomic E-state index is 11.2. The molecule has 0 aliphatic heterocycles. The Bertz CT molecular complexity index is 557. The molecule has 0 amide bonds. The largest absolute Gasteiger partial charge is 0.330 e. The van der Waals surface area contributed by atoms with Gasteiger partial charge in [-0.25, -0.2) is 4.98 Å². The van der Waals surface area contributed by atoms with Crippen molar-refractivity contribution in [3.05, 3.63) is 28.4 Å². The molecule has 15 heavy (non-hydrogen) atoms. The van der Waals surface area contributed by atoms with Crippen LogP contribution in [0.25, 0.3) is 11.0 Å². The van der Waals surface area contributed by atoms with Gasteiger partial charge in [0.15, 0.2) is 0 Å². The molecule has 0 atom stereocenters. The zero-order valence-corrected chi connectivity index (χ0v) is 9.46. The molecule has 0 saturated heterocycles. The van der Waals surface area contributed by atoms with Gasteiger partial charge in [-0.15, -0.1) is 0 Å². The molecule has 4 nitrogen and oxygen atoms in total. The quantitative estimate of drug-likeness (QED) is 0.709. The van der Waals surface area contributed by atoms with E-state index < -0.39 is 0 Å². The predicted molar refractivity (Wildman–Crippen MR) is 60.0 cm³/mol. The molecule has 0 saturated carbocycles. The summed E-state index contributed by atoms with van der Waals surface area (Å²) in [5.41, 5.74) is 1.60. The lowest BCUT2D eigenvalue weighted by molar-refractivity contribution is 0.526. The molecule has 2 heterocycles. The van der Waals surface area contributed by atoms with Gasteiger partial charge in [0.1, 0.15) is 11.3 Å². The van der Waals surface area contributed by atoms with Gasteiger partial charge in [-0.05, 0) is 0 Å². The highest BCUT2D eigenvalue weighted by atomic mass is 16.1. The third kappa shape index (κ3) is 1.56. The summed E-state index contributed by atoms with van der Waals surface area (Å²) in [6, 6.07) is 1.58. The molecule has 0 spiro atoms. The van der Waals surface area contributed by atoms with E-state index in [1.807, 2.05) is 11.6 Å². The van der Waals surface area contributed by atoms with Crippen molar-refractivity contribution < 1.29 is 0 Å². The van der Waals surface area contributed by atoms with Crippen molar-refractivity contribution in [3.63, 3.8) is 0 Å². The monoisotopic (exact) mass is 205 g/mol. The molecule has 0 bridgehead atoms. The summed E-state index contributed by atoms with van der Waals surface area (Å²) in [6.07, 6.45) is 1.66. The summed E-state index contributed by atoms with van der Waals surface area (Å²) < 4.78 is 1.98. The summed E-state index contributed by atoms with van der Waals surface area (Å²) >= 11 is 0. The van der Waals surface area contributed by atoms with Crippen LogP contribution in [-0.4, -0.2) is 14.5 Å². The van der Waals surface area contributed by atoms with E-state index in [0.717, 1.165) is 16.9 Å². The first-order valence-electron chi connectivity index (χ1n) is 4.95. The Balaban J connectivity index is 2.81. The molecule has 0 radical (unpaired) electrons. The molecule has 0 unspecified atom stereocenters. The number of aromatic nitrogens is 3. The highest BCUT2D eigenvalue weighted by Gasteiger charge is 2.21. The number of hydrogen-bond donors (Lipinski definition) is 1. The highest BCUT2D eigenvalue weighted by molar-refractivity contribution is 5.74. The molecule has 2 aromatic heterocycles. The van der Waals surface area contributed by atoms with Crippen molar-refractivity contribution >= 4 is 11.0 Å². The van der Waals surface area contributed by atoms with Crippen LogP contribution in [0.1, 0.15) is 26.6 Å². The second-order valence-electron chi connectivity index (χ2n) is 4.81. The predicted octanol–water partition coefficient (Wildman–Crippen LogP) is 1.56.